The second-order valence-corrected chi connectivity index (χ2v) is 12.3. The number of nitrogens with one attached hydrogen (secondary N) is 4. The van der Waals surface area contributed by atoms with Crippen molar-refractivity contribution in [2.45, 2.75) is 60.0 Å². The van der Waals surface area contributed by atoms with Gasteiger partial charge in [0.2, 0.25) is 0 Å². The molecule has 0 aliphatic heterocycles. The summed E-state index contributed by atoms with van der Waals surface area (Å²) in [6.07, 6.45) is 5.83. The van der Waals surface area contributed by atoms with Crippen LogP contribution in [-0.2, 0) is 13.1 Å². The van der Waals surface area contributed by atoms with Crippen LogP contribution in [0.3, 0.4) is 0 Å². The Morgan fingerprint density at radius 1 is 0.592 bits per heavy atom. The van der Waals surface area contributed by atoms with E-state index in [1.54, 1.807) is 36.4 Å². The zero-order valence-corrected chi connectivity index (χ0v) is 28.7. The van der Waals surface area contributed by atoms with E-state index < -0.39 is 0 Å². The van der Waals surface area contributed by atoms with E-state index in [1.807, 2.05) is 39.8 Å². The van der Waals surface area contributed by atoms with Crippen LogP contribution in [0.4, 0.5) is 32.1 Å². The first-order chi connectivity index (χ1) is 23.7. The number of rotatable bonds is 18. The van der Waals surface area contributed by atoms with Gasteiger partial charge in [0.05, 0.1) is 0 Å². The van der Waals surface area contributed by atoms with Gasteiger partial charge in [-0.15, -0.1) is 0 Å². The highest BCUT2D eigenvalue weighted by molar-refractivity contribution is 5.65. The summed E-state index contributed by atoms with van der Waals surface area (Å²) >= 11 is 0. The fourth-order valence-corrected chi connectivity index (χ4v) is 5.08. The second-order valence-electron chi connectivity index (χ2n) is 12.3. The molecule has 0 bridgehead atoms. The standard InChI is InChI=1S/C37H48F2N10/c1-24(2)28(20-40)36-46-32(18-34(48-36)44-22-26-12-6-8-14-30(26)38)42-16-10-5-11-17-43-33-19-35(45-23-27-13-7-9-15-31(27)39)49-37(47-33)29(21-41)25(3)4/h6-9,12-15,18-21,24-25H,5,10-11,16-17,22-23,40-41H2,1-4H3,(H2,42,44,46,48)(H2,43,45,47,49)/b28-20-,29-21-. The Morgan fingerprint density at radius 3 is 1.31 bits per heavy atom. The molecule has 0 saturated heterocycles. The Morgan fingerprint density at radius 2 is 0.959 bits per heavy atom. The maximum absolute atomic E-state index is 14.2. The van der Waals surface area contributed by atoms with E-state index in [9.17, 15) is 8.78 Å². The summed E-state index contributed by atoms with van der Waals surface area (Å²) in [5.74, 6) is 3.25. The molecule has 2 heterocycles. The average Bonchev–Trinajstić information content (AvgIpc) is 3.07. The van der Waals surface area contributed by atoms with Crippen LogP contribution >= 0.6 is 0 Å². The molecule has 0 fully saturated rings. The molecule has 0 aliphatic rings. The normalized spacial score (nSPS) is 12.0. The van der Waals surface area contributed by atoms with Crippen LogP contribution in [0.25, 0.3) is 11.1 Å². The SMILES string of the molecule is CC(C)/C(=C/N)c1nc(NCCCCCNc2cc(NCc3ccccc3F)nc(/C(=C\N)C(C)C)n2)cc(NCc2ccccc2F)n1. The van der Waals surface area contributed by atoms with E-state index in [4.69, 9.17) is 21.4 Å². The lowest BCUT2D eigenvalue weighted by Gasteiger charge is -2.15. The molecule has 12 heteroatoms. The minimum Gasteiger partial charge on any atom is -0.404 e. The number of nitrogens with zero attached hydrogens (tertiary/aromatic N) is 4. The van der Waals surface area contributed by atoms with Crippen molar-refractivity contribution in [2.24, 2.45) is 23.3 Å². The van der Waals surface area contributed by atoms with E-state index in [-0.39, 0.29) is 36.6 Å². The summed E-state index contributed by atoms with van der Waals surface area (Å²) in [5, 5.41) is 13.3. The van der Waals surface area contributed by atoms with Crippen molar-refractivity contribution < 1.29 is 8.78 Å². The Kier molecular flexibility index (Phi) is 13.7. The van der Waals surface area contributed by atoms with Gasteiger partial charge in [-0.05, 0) is 43.2 Å². The number of benzene rings is 2. The van der Waals surface area contributed by atoms with Crippen molar-refractivity contribution in [3.63, 3.8) is 0 Å². The van der Waals surface area contributed by atoms with Crippen molar-refractivity contribution >= 4 is 34.4 Å². The highest BCUT2D eigenvalue weighted by Crippen LogP contribution is 2.25. The Hall–Kier alpha value is -5.26. The van der Waals surface area contributed by atoms with Gasteiger partial charge < -0.3 is 32.7 Å². The number of unbranched alkanes of at least 4 members (excludes halogenated alkanes) is 2. The van der Waals surface area contributed by atoms with Gasteiger partial charge in [-0.3, -0.25) is 0 Å². The molecule has 260 valence electrons. The second kappa shape index (κ2) is 18.3. The molecular weight excluding hydrogens is 622 g/mol. The highest BCUT2D eigenvalue weighted by Gasteiger charge is 2.15. The van der Waals surface area contributed by atoms with Crippen LogP contribution in [0, 0.1) is 23.5 Å². The first-order valence-corrected chi connectivity index (χ1v) is 16.7. The lowest BCUT2D eigenvalue weighted by atomic mass is 10.0. The minimum absolute atomic E-state index is 0.125. The van der Waals surface area contributed by atoms with Gasteiger partial charge in [0.15, 0.2) is 11.6 Å². The van der Waals surface area contributed by atoms with Crippen LogP contribution in [-0.4, -0.2) is 33.0 Å². The molecule has 4 rings (SSSR count). The molecule has 0 saturated carbocycles. The lowest BCUT2D eigenvalue weighted by molar-refractivity contribution is 0.612. The van der Waals surface area contributed by atoms with Crippen LogP contribution in [0.2, 0.25) is 0 Å². The summed E-state index contributed by atoms with van der Waals surface area (Å²) in [7, 11) is 0. The summed E-state index contributed by atoms with van der Waals surface area (Å²) in [6, 6.07) is 17.0. The predicted octanol–water partition coefficient (Wildman–Crippen LogP) is 7.37. The lowest BCUT2D eigenvalue weighted by Crippen LogP contribution is -2.12. The summed E-state index contributed by atoms with van der Waals surface area (Å²) in [4.78, 5) is 18.7. The largest absolute Gasteiger partial charge is 0.404 e. The van der Waals surface area contributed by atoms with Crippen molar-refractivity contribution in [2.75, 3.05) is 34.4 Å². The zero-order chi connectivity index (χ0) is 35.2. The third-order valence-corrected chi connectivity index (χ3v) is 7.87. The Labute approximate surface area is 288 Å². The molecule has 0 amide bonds. The minimum atomic E-state index is -0.272. The first-order valence-electron chi connectivity index (χ1n) is 16.7. The van der Waals surface area contributed by atoms with E-state index in [1.165, 1.54) is 24.5 Å². The molecule has 8 N–H and O–H groups in total. The van der Waals surface area contributed by atoms with Crippen LogP contribution in [0.5, 0.6) is 0 Å². The Balaban J connectivity index is 1.33. The van der Waals surface area contributed by atoms with Crippen LogP contribution in [0.1, 0.15) is 69.7 Å². The van der Waals surface area contributed by atoms with Gasteiger partial charge >= 0.3 is 0 Å². The van der Waals surface area contributed by atoms with Gasteiger partial charge in [-0.2, -0.15) is 0 Å². The monoisotopic (exact) mass is 670 g/mol. The van der Waals surface area contributed by atoms with Crippen LogP contribution in [0.15, 0.2) is 73.1 Å². The van der Waals surface area contributed by atoms with E-state index in [0.717, 1.165) is 30.4 Å². The van der Waals surface area contributed by atoms with Gasteiger partial charge in [0.25, 0.3) is 0 Å². The molecule has 2 aromatic carbocycles. The van der Waals surface area contributed by atoms with Gasteiger partial charge in [-0.25, -0.2) is 28.7 Å². The van der Waals surface area contributed by atoms with Crippen molar-refractivity contribution in [3.8, 4) is 0 Å². The number of aromatic nitrogens is 4. The molecule has 0 atom stereocenters. The topological polar surface area (TPSA) is 152 Å². The smallest absolute Gasteiger partial charge is 0.161 e. The summed E-state index contributed by atoms with van der Waals surface area (Å²) in [5.41, 5.74) is 14.6. The highest BCUT2D eigenvalue weighted by atomic mass is 19.1. The zero-order valence-electron chi connectivity index (χ0n) is 28.7. The Bertz CT molecular complexity index is 1600. The number of hydrogen-bond acceptors (Lipinski definition) is 10. The molecule has 0 spiro atoms. The fourth-order valence-electron chi connectivity index (χ4n) is 5.08. The maximum Gasteiger partial charge on any atom is 0.161 e. The summed E-state index contributed by atoms with van der Waals surface area (Å²) < 4.78 is 28.4. The molecule has 0 aliphatic carbocycles. The van der Waals surface area contributed by atoms with Gasteiger partial charge in [0.1, 0.15) is 34.9 Å². The molecule has 0 radical (unpaired) electrons. The third kappa shape index (κ3) is 10.9. The molecule has 0 unspecified atom stereocenters. The predicted molar refractivity (Wildman–Crippen MR) is 196 cm³/mol. The molecule has 49 heavy (non-hydrogen) atoms. The third-order valence-electron chi connectivity index (χ3n) is 7.87. The molecule has 4 aromatic rings. The summed E-state index contributed by atoms with van der Waals surface area (Å²) in [6.45, 7) is 10.1. The number of nitrogens with two attached hydrogens (primary N) is 2. The number of anilines is 4. The van der Waals surface area contributed by atoms with E-state index >= 15 is 0 Å². The molecular formula is C37H48F2N10. The van der Waals surface area contributed by atoms with Crippen molar-refractivity contribution in [3.05, 3.63) is 107 Å². The number of halogens is 2. The fraction of sp³-hybridized carbons (Fsp3) is 0.351. The molecule has 2 aromatic heterocycles. The van der Waals surface area contributed by atoms with Crippen LogP contribution < -0.4 is 32.7 Å². The first kappa shape index (κ1) is 36.6. The number of hydrogen-bond donors (Lipinski definition) is 6. The quantitative estimate of drug-likeness (QED) is 0.0592. The average molecular weight is 671 g/mol. The number of allylic oxidation sites excluding steroid dienone is 2. The van der Waals surface area contributed by atoms with Gasteiger partial charge in [0, 0.05) is 73.0 Å². The van der Waals surface area contributed by atoms with E-state index in [2.05, 4.69) is 31.2 Å². The van der Waals surface area contributed by atoms with Crippen molar-refractivity contribution in [1.82, 2.24) is 19.9 Å². The maximum atomic E-state index is 14.2. The molecule has 10 nitrogen and oxygen atoms in total. The van der Waals surface area contributed by atoms with E-state index in [0.29, 0.717) is 59.1 Å². The van der Waals surface area contributed by atoms with Gasteiger partial charge in [-0.1, -0.05) is 64.1 Å². The van der Waals surface area contributed by atoms with Crippen molar-refractivity contribution in [1.29, 1.82) is 0 Å².